The molecule has 0 saturated heterocycles. The monoisotopic (exact) mass is 392 g/mol. The van der Waals surface area contributed by atoms with E-state index in [1.165, 1.54) is 12.7 Å². The molecule has 0 radical (unpaired) electrons. The molecule has 1 aliphatic heterocycles. The van der Waals surface area contributed by atoms with Gasteiger partial charge in [0.2, 0.25) is 0 Å². The highest BCUT2D eigenvalue weighted by Gasteiger charge is 2.38. The van der Waals surface area contributed by atoms with E-state index in [2.05, 4.69) is 23.6 Å². The van der Waals surface area contributed by atoms with Crippen LogP contribution >= 0.6 is 0 Å². The number of benzene rings is 1. The number of ether oxygens (including phenoxy) is 1. The molecule has 1 amide bonds. The van der Waals surface area contributed by atoms with Crippen LogP contribution in [-0.2, 0) is 14.3 Å². The van der Waals surface area contributed by atoms with Crippen LogP contribution in [0.2, 0.25) is 0 Å². The van der Waals surface area contributed by atoms with Crippen LogP contribution < -0.4 is 0 Å². The van der Waals surface area contributed by atoms with Gasteiger partial charge in [0.05, 0.1) is 18.3 Å². The lowest BCUT2D eigenvalue weighted by molar-refractivity contribution is -0.136. The van der Waals surface area contributed by atoms with Crippen molar-refractivity contribution in [3.63, 3.8) is 0 Å². The zero-order chi connectivity index (χ0) is 21.5. The number of allylic oxidation sites excluding steroid dienone is 1. The first-order valence-corrected chi connectivity index (χ1v) is 9.78. The average molecular weight is 392 g/mol. The maximum atomic E-state index is 13.1. The number of esters is 1. The summed E-state index contributed by atoms with van der Waals surface area (Å²) in [6, 6.07) is 10.2. The molecule has 3 rings (SSSR count). The van der Waals surface area contributed by atoms with Gasteiger partial charge in [-0.1, -0.05) is 18.2 Å². The maximum Gasteiger partial charge on any atom is 0.340 e. The van der Waals surface area contributed by atoms with E-state index in [-0.39, 0.29) is 11.9 Å². The molecule has 0 unspecified atom stereocenters. The Morgan fingerprint density at radius 1 is 1.10 bits per heavy atom. The SMILES string of the molecule is COC(=O)C1=C(C)N(C(C)C)C(=O)/C1=C\c1cc(C)n(-c2ccccc2C)c1C. The number of aryl methyl sites for hydroxylation is 2. The third-order valence-corrected chi connectivity index (χ3v) is 5.47. The van der Waals surface area contributed by atoms with Gasteiger partial charge in [0.15, 0.2) is 0 Å². The first-order valence-electron chi connectivity index (χ1n) is 9.78. The zero-order valence-electron chi connectivity index (χ0n) is 18.2. The Morgan fingerprint density at radius 3 is 2.34 bits per heavy atom. The molecular weight excluding hydrogens is 364 g/mol. The minimum Gasteiger partial charge on any atom is -0.465 e. The highest BCUT2D eigenvalue weighted by atomic mass is 16.5. The van der Waals surface area contributed by atoms with Crippen molar-refractivity contribution in [1.82, 2.24) is 9.47 Å². The molecule has 0 aliphatic carbocycles. The van der Waals surface area contributed by atoms with Gasteiger partial charge in [-0.3, -0.25) is 4.79 Å². The average Bonchev–Trinajstić information content (AvgIpc) is 3.08. The number of rotatable bonds is 4. The van der Waals surface area contributed by atoms with Crippen molar-refractivity contribution in [2.24, 2.45) is 0 Å². The molecule has 0 saturated carbocycles. The molecule has 29 heavy (non-hydrogen) atoms. The lowest BCUT2D eigenvalue weighted by atomic mass is 10.0. The second kappa shape index (κ2) is 7.74. The van der Waals surface area contributed by atoms with Gasteiger partial charge >= 0.3 is 5.97 Å². The minimum absolute atomic E-state index is 0.0487. The Balaban J connectivity index is 2.17. The Bertz CT molecular complexity index is 1050. The fraction of sp³-hybridized carbons (Fsp3) is 0.333. The molecule has 0 bridgehead atoms. The number of methoxy groups -OCH3 is 1. The van der Waals surface area contributed by atoms with Crippen LogP contribution in [0, 0.1) is 20.8 Å². The van der Waals surface area contributed by atoms with Gasteiger partial charge in [0.25, 0.3) is 5.91 Å². The summed E-state index contributed by atoms with van der Waals surface area (Å²) in [6.45, 7) is 11.8. The van der Waals surface area contributed by atoms with Gasteiger partial charge in [-0.15, -0.1) is 0 Å². The van der Waals surface area contributed by atoms with Crippen LogP contribution in [0.15, 0.2) is 47.2 Å². The fourth-order valence-electron chi connectivity index (χ4n) is 4.09. The molecule has 0 N–H and O–H groups in total. The number of amides is 1. The van der Waals surface area contributed by atoms with E-state index in [4.69, 9.17) is 4.74 Å². The molecule has 5 nitrogen and oxygen atoms in total. The summed E-state index contributed by atoms with van der Waals surface area (Å²) in [7, 11) is 1.34. The Labute approximate surface area is 172 Å². The lowest BCUT2D eigenvalue weighted by Crippen LogP contribution is -2.31. The van der Waals surface area contributed by atoms with E-state index in [1.54, 1.807) is 11.8 Å². The Morgan fingerprint density at radius 2 is 1.76 bits per heavy atom. The van der Waals surface area contributed by atoms with E-state index in [1.807, 2.05) is 52.0 Å². The number of hydrogen-bond acceptors (Lipinski definition) is 3. The predicted octanol–water partition coefficient (Wildman–Crippen LogP) is 4.48. The summed E-state index contributed by atoms with van der Waals surface area (Å²) in [5.41, 5.74) is 6.62. The summed E-state index contributed by atoms with van der Waals surface area (Å²) >= 11 is 0. The molecule has 2 heterocycles. The van der Waals surface area contributed by atoms with Crippen molar-refractivity contribution in [2.45, 2.75) is 47.6 Å². The van der Waals surface area contributed by atoms with Crippen LogP contribution in [-0.4, -0.2) is 34.5 Å². The van der Waals surface area contributed by atoms with E-state index in [9.17, 15) is 9.59 Å². The fourth-order valence-corrected chi connectivity index (χ4v) is 4.09. The number of hydrogen-bond donors (Lipinski definition) is 0. The second-order valence-corrected chi connectivity index (χ2v) is 7.73. The molecule has 1 aliphatic rings. The largest absolute Gasteiger partial charge is 0.465 e. The quantitative estimate of drug-likeness (QED) is 0.569. The number of carbonyl (C=O) groups is 2. The van der Waals surface area contributed by atoms with Crippen LogP contribution in [0.1, 0.15) is 43.3 Å². The van der Waals surface area contributed by atoms with E-state index in [0.29, 0.717) is 16.8 Å². The molecule has 0 fully saturated rings. The molecule has 152 valence electrons. The summed E-state index contributed by atoms with van der Waals surface area (Å²) in [4.78, 5) is 27.2. The Kier molecular flexibility index (Phi) is 5.51. The van der Waals surface area contributed by atoms with Crippen LogP contribution in [0.3, 0.4) is 0 Å². The molecule has 0 spiro atoms. The van der Waals surface area contributed by atoms with Crippen molar-refractivity contribution in [2.75, 3.05) is 7.11 Å². The first-order chi connectivity index (χ1) is 13.7. The zero-order valence-corrected chi connectivity index (χ0v) is 18.2. The summed E-state index contributed by atoms with van der Waals surface area (Å²) < 4.78 is 7.15. The Hall–Kier alpha value is -3.08. The van der Waals surface area contributed by atoms with Gasteiger partial charge in [0.1, 0.15) is 0 Å². The molecule has 1 aromatic heterocycles. The highest BCUT2D eigenvalue weighted by Crippen LogP contribution is 2.34. The smallest absolute Gasteiger partial charge is 0.340 e. The molecule has 2 aromatic rings. The van der Waals surface area contributed by atoms with Crippen molar-refractivity contribution in [3.05, 3.63) is 69.7 Å². The number of nitrogens with zero attached hydrogens (tertiary/aromatic N) is 2. The van der Waals surface area contributed by atoms with E-state index < -0.39 is 5.97 Å². The van der Waals surface area contributed by atoms with E-state index >= 15 is 0 Å². The van der Waals surface area contributed by atoms with Crippen molar-refractivity contribution < 1.29 is 14.3 Å². The van der Waals surface area contributed by atoms with Gasteiger partial charge < -0.3 is 14.2 Å². The molecule has 0 atom stereocenters. The molecule has 5 heteroatoms. The summed E-state index contributed by atoms with van der Waals surface area (Å²) in [6.07, 6.45) is 1.82. The highest BCUT2D eigenvalue weighted by molar-refractivity contribution is 6.16. The molecule has 1 aromatic carbocycles. The van der Waals surface area contributed by atoms with Gasteiger partial charge in [-0.25, -0.2) is 4.79 Å². The van der Waals surface area contributed by atoms with E-state index in [0.717, 1.165) is 22.6 Å². The van der Waals surface area contributed by atoms with Gasteiger partial charge in [-0.2, -0.15) is 0 Å². The van der Waals surface area contributed by atoms with Crippen LogP contribution in [0.5, 0.6) is 0 Å². The van der Waals surface area contributed by atoms with Crippen LogP contribution in [0.25, 0.3) is 11.8 Å². The lowest BCUT2D eigenvalue weighted by Gasteiger charge is -2.22. The standard InChI is InChI=1S/C24H28N2O3/c1-14(2)25-18(6)22(24(28)29-7)20(23(25)27)13-19-12-16(4)26(17(19)5)21-11-9-8-10-15(21)3/h8-14H,1-7H3/b20-13-. The van der Waals surface area contributed by atoms with Crippen molar-refractivity contribution in [3.8, 4) is 5.69 Å². The van der Waals surface area contributed by atoms with Crippen molar-refractivity contribution >= 4 is 18.0 Å². The first kappa shape index (κ1) is 20.6. The predicted molar refractivity (Wildman–Crippen MR) is 115 cm³/mol. The normalized spacial score (nSPS) is 15.8. The van der Waals surface area contributed by atoms with Gasteiger partial charge in [0, 0.05) is 28.8 Å². The number of para-hydroxylation sites is 1. The number of aromatic nitrogens is 1. The van der Waals surface area contributed by atoms with Crippen molar-refractivity contribution in [1.29, 1.82) is 0 Å². The maximum absolute atomic E-state index is 13.1. The topological polar surface area (TPSA) is 51.5 Å². The summed E-state index contributed by atoms with van der Waals surface area (Å²) in [5.74, 6) is -0.656. The second-order valence-electron chi connectivity index (χ2n) is 7.73. The third kappa shape index (κ3) is 3.41. The van der Waals surface area contributed by atoms with Crippen LogP contribution in [0.4, 0.5) is 0 Å². The summed E-state index contributed by atoms with van der Waals surface area (Å²) in [5, 5.41) is 0. The molecular formula is C24H28N2O3. The van der Waals surface area contributed by atoms with Gasteiger partial charge in [-0.05, 0) is 70.9 Å². The minimum atomic E-state index is -0.488. The number of carbonyl (C=O) groups excluding carboxylic acids is 2. The third-order valence-electron chi connectivity index (χ3n) is 5.47.